The fraction of sp³-hybridized carbons (Fsp3) is 0.412. The maximum atomic E-state index is 11.7. The van der Waals surface area contributed by atoms with Gasteiger partial charge in [0.05, 0.1) is 0 Å². The first-order valence-electron chi connectivity index (χ1n) is 7.74. The zero-order chi connectivity index (χ0) is 15.5. The Morgan fingerprint density at radius 2 is 2.18 bits per heavy atom. The number of hydrogen-bond acceptors (Lipinski definition) is 5. The van der Waals surface area contributed by atoms with Gasteiger partial charge in [0.25, 0.3) is 0 Å². The maximum absolute atomic E-state index is 11.7. The third kappa shape index (κ3) is 2.98. The van der Waals surface area contributed by atoms with Crippen LogP contribution in [-0.2, 0) is 11.2 Å². The van der Waals surface area contributed by atoms with Gasteiger partial charge in [-0.3, -0.25) is 9.78 Å². The van der Waals surface area contributed by atoms with E-state index in [9.17, 15) is 4.79 Å². The summed E-state index contributed by atoms with van der Waals surface area (Å²) in [6.07, 6.45) is 3.18. The monoisotopic (exact) mass is 296 g/mol. The standard InChI is InChI=1S/C17H20N4O/c1-3-13-10-16(21-9-7-15(22)12(2)11-21)20-17(19-13)14-6-4-5-8-18-14/h4-6,8,10,12H,3,7,9,11H2,1-2H3. The van der Waals surface area contributed by atoms with Crippen molar-refractivity contribution in [3.05, 3.63) is 36.2 Å². The molecule has 1 unspecified atom stereocenters. The van der Waals surface area contributed by atoms with Gasteiger partial charge < -0.3 is 4.90 Å². The molecule has 0 aromatic carbocycles. The summed E-state index contributed by atoms with van der Waals surface area (Å²) in [7, 11) is 0. The Labute approximate surface area is 130 Å². The van der Waals surface area contributed by atoms with Crippen LogP contribution in [-0.4, -0.2) is 33.8 Å². The molecule has 22 heavy (non-hydrogen) atoms. The fourth-order valence-corrected chi connectivity index (χ4v) is 2.66. The van der Waals surface area contributed by atoms with Crippen LogP contribution in [0.15, 0.2) is 30.5 Å². The Kier molecular flexibility index (Phi) is 4.13. The molecule has 0 saturated carbocycles. The van der Waals surface area contributed by atoms with Crippen LogP contribution in [0, 0.1) is 5.92 Å². The van der Waals surface area contributed by atoms with Gasteiger partial charge in [-0.05, 0) is 18.6 Å². The lowest BCUT2D eigenvalue weighted by molar-refractivity contribution is -0.122. The molecule has 0 amide bonds. The Bertz CT molecular complexity index is 672. The van der Waals surface area contributed by atoms with Crippen LogP contribution in [0.1, 0.15) is 26.0 Å². The lowest BCUT2D eigenvalue weighted by Crippen LogP contribution is -2.40. The molecule has 5 nitrogen and oxygen atoms in total. The Hall–Kier alpha value is -2.30. The van der Waals surface area contributed by atoms with E-state index >= 15 is 0 Å². The molecule has 1 fully saturated rings. The zero-order valence-corrected chi connectivity index (χ0v) is 13.0. The molecule has 1 saturated heterocycles. The highest BCUT2D eigenvalue weighted by atomic mass is 16.1. The minimum absolute atomic E-state index is 0.0621. The van der Waals surface area contributed by atoms with Crippen LogP contribution in [0.5, 0.6) is 0 Å². The molecule has 0 N–H and O–H groups in total. The predicted molar refractivity (Wildman–Crippen MR) is 85.6 cm³/mol. The number of carbonyl (C=O) groups excluding carboxylic acids is 1. The number of hydrogen-bond donors (Lipinski definition) is 0. The van der Waals surface area contributed by atoms with Gasteiger partial charge >= 0.3 is 0 Å². The van der Waals surface area contributed by atoms with E-state index in [2.05, 4.69) is 26.8 Å². The molecule has 0 aliphatic carbocycles. The van der Waals surface area contributed by atoms with Crippen LogP contribution < -0.4 is 4.90 Å². The molecule has 2 aromatic rings. The van der Waals surface area contributed by atoms with Crippen molar-refractivity contribution in [2.75, 3.05) is 18.0 Å². The highest BCUT2D eigenvalue weighted by Gasteiger charge is 2.25. The summed E-state index contributed by atoms with van der Waals surface area (Å²) in [5, 5.41) is 0. The highest BCUT2D eigenvalue weighted by Crippen LogP contribution is 2.23. The second-order valence-corrected chi connectivity index (χ2v) is 5.67. The Balaban J connectivity index is 1.96. The number of carbonyl (C=O) groups is 1. The first-order chi connectivity index (χ1) is 10.7. The summed E-state index contributed by atoms with van der Waals surface area (Å²) >= 11 is 0. The van der Waals surface area contributed by atoms with Gasteiger partial charge in [-0.1, -0.05) is 19.9 Å². The molecule has 1 atom stereocenters. The third-order valence-corrected chi connectivity index (χ3v) is 4.02. The Morgan fingerprint density at radius 1 is 1.32 bits per heavy atom. The van der Waals surface area contributed by atoms with E-state index < -0.39 is 0 Å². The van der Waals surface area contributed by atoms with E-state index in [4.69, 9.17) is 0 Å². The van der Waals surface area contributed by atoms with Crippen molar-refractivity contribution < 1.29 is 4.79 Å². The number of piperidine rings is 1. The van der Waals surface area contributed by atoms with Crippen LogP contribution in [0.3, 0.4) is 0 Å². The lowest BCUT2D eigenvalue weighted by Gasteiger charge is -2.31. The number of rotatable bonds is 3. The first kappa shape index (κ1) is 14.6. The zero-order valence-electron chi connectivity index (χ0n) is 13.0. The van der Waals surface area contributed by atoms with E-state index in [-0.39, 0.29) is 5.92 Å². The minimum atomic E-state index is 0.0621. The second kappa shape index (κ2) is 6.22. The molecule has 114 valence electrons. The number of anilines is 1. The SMILES string of the molecule is CCc1cc(N2CCC(=O)C(C)C2)nc(-c2ccccn2)n1. The molecular weight excluding hydrogens is 276 g/mol. The summed E-state index contributed by atoms with van der Waals surface area (Å²) in [4.78, 5) is 27.5. The van der Waals surface area contributed by atoms with Crippen molar-refractivity contribution >= 4 is 11.6 Å². The number of ketones is 1. The maximum Gasteiger partial charge on any atom is 0.180 e. The normalized spacial score (nSPS) is 18.5. The summed E-state index contributed by atoms with van der Waals surface area (Å²) in [6.45, 7) is 5.51. The lowest BCUT2D eigenvalue weighted by atomic mass is 9.98. The van der Waals surface area contributed by atoms with Gasteiger partial charge in [-0.2, -0.15) is 0 Å². The predicted octanol–water partition coefficient (Wildman–Crippen LogP) is 2.52. The van der Waals surface area contributed by atoms with Gasteiger partial charge in [0.15, 0.2) is 5.82 Å². The molecule has 1 aliphatic heterocycles. The van der Waals surface area contributed by atoms with E-state index in [1.165, 1.54) is 0 Å². The molecule has 3 rings (SSSR count). The number of aryl methyl sites for hydroxylation is 1. The van der Waals surface area contributed by atoms with Crippen LogP contribution in [0.2, 0.25) is 0 Å². The molecule has 0 radical (unpaired) electrons. The summed E-state index contributed by atoms with van der Waals surface area (Å²) in [6, 6.07) is 7.76. The van der Waals surface area contributed by atoms with E-state index in [0.717, 1.165) is 36.7 Å². The minimum Gasteiger partial charge on any atom is -0.355 e. The smallest absolute Gasteiger partial charge is 0.180 e. The molecule has 2 aromatic heterocycles. The Morgan fingerprint density at radius 3 is 2.86 bits per heavy atom. The average Bonchev–Trinajstić information content (AvgIpc) is 2.57. The van der Waals surface area contributed by atoms with Crippen molar-refractivity contribution in [2.24, 2.45) is 5.92 Å². The number of Topliss-reactive ketones (excluding diaryl/α,β-unsaturated/α-hetero) is 1. The third-order valence-electron chi connectivity index (χ3n) is 4.02. The molecular formula is C17H20N4O. The number of nitrogens with zero attached hydrogens (tertiary/aromatic N) is 4. The van der Waals surface area contributed by atoms with Gasteiger partial charge in [0.1, 0.15) is 17.3 Å². The van der Waals surface area contributed by atoms with Crippen molar-refractivity contribution in [3.8, 4) is 11.5 Å². The molecule has 0 bridgehead atoms. The van der Waals surface area contributed by atoms with Crippen LogP contribution in [0.25, 0.3) is 11.5 Å². The fourth-order valence-electron chi connectivity index (χ4n) is 2.66. The van der Waals surface area contributed by atoms with Gasteiger partial charge in [-0.25, -0.2) is 9.97 Å². The molecule has 0 spiro atoms. The average molecular weight is 296 g/mol. The van der Waals surface area contributed by atoms with Gasteiger partial charge in [-0.15, -0.1) is 0 Å². The summed E-state index contributed by atoms with van der Waals surface area (Å²) in [5.74, 6) is 1.95. The largest absolute Gasteiger partial charge is 0.355 e. The molecule has 3 heterocycles. The molecule has 5 heteroatoms. The van der Waals surface area contributed by atoms with E-state index in [0.29, 0.717) is 18.0 Å². The molecule has 1 aliphatic rings. The van der Waals surface area contributed by atoms with Gasteiger partial charge in [0.2, 0.25) is 0 Å². The van der Waals surface area contributed by atoms with Gasteiger partial charge in [0, 0.05) is 43.4 Å². The quantitative estimate of drug-likeness (QED) is 0.871. The topological polar surface area (TPSA) is 59.0 Å². The van der Waals surface area contributed by atoms with Crippen molar-refractivity contribution in [2.45, 2.75) is 26.7 Å². The first-order valence-corrected chi connectivity index (χ1v) is 7.74. The van der Waals surface area contributed by atoms with Crippen molar-refractivity contribution in [3.63, 3.8) is 0 Å². The van der Waals surface area contributed by atoms with Crippen molar-refractivity contribution in [1.29, 1.82) is 0 Å². The van der Waals surface area contributed by atoms with E-state index in [1.807, 2.05) is 31.2 Å². The van der Waals surface area contributed by atoms with E-state index in [1.54, 1.807) is 6.20 Å². The summed E-state index contributed by atoms with van der Waals surface area (Å²) in [5.41, 5.74) is 1.77. The number of pyridine rings is 1. The van der Waals surface area contributed by atoms with Crippen molar-refractivity contribution in [1.82, 2.24) is 15.0 Å². The second-order valence-electron chi connectivity index (χ2n) is 5.67. The highest BCUT2D eigenvalue weighted by molar-refractivity contribution is 5.83. The van der Waals surface area contributed by atoms with Crippen LogP contribution >= 0.6 is 0 Å². The summed E-state index contributed by atoms with van der Waals surface area (Å²) < 4.78 is 0. The number of aromatic nitrogens is 3. The van der Waals surface area contributed by atoms with Crippen LogP contribution in [0.4, 0.5) is 5.82 Å².